The van der Waals surface area contributed by atoms with Gasteiger partial charge >= 0.3 is 5.97 Å². The standard InChI is InChI=1S/C22H33NO2/c1-14(2)17-11-16-7-8-20-21(4,13-23)9-6-10-22(20,5)18(16)12-19(17)25-15(3)24/h11-12,14,20H,6-10,13,23H2,1-5H3/t20-,21-,22+/m0/s1. The molecule has 3 nitrogen and oxygen atoms in total. The molecule has 2 N–H and O–H groups in total. The van der Waals surface area contributed by atoms with E-state index in [0.717, 1.165) is 24.3 Å². The third-order valence-corrected chi connectivity index (χ3v) is 6.95. The van der Waals surface area contributed by atoms with Gasteiger partial charge in [0.2, 0.25) is 0 Å². The molecule has 1 aromatic rings. The van der Waals surface area contributed by atoms with Crippen LogP contribution in [0.3, 0.4) is 0 Å². The molecule has 1 saturated carbocycles. The lowest BCUT2D eigenvalue weighted by Crippen LogP contribution is -2.51. The predicted molar refractivity (Wildman–Crippen MR) is 102 cm³/mol. The third kappa shape index (κ3) is 3.01. The molecule has 0 aliphatic heterocycles. The average molecular weight is 344 g/mol. The van der Waals surface area contributed by atoms with Crippen molar-refractivity contribution in [2.75, 3.05) is 6.54 Å². The number of esters is 1. The molecule has 3 rings (SSSR count). The Morgan fingerprint density at radius 3 is 2.64 bits per heavy atom. The molecule has 138 valence electrons. The van der Waals surface area contributed by atoms with E-state index >= 15 is 0 Å². The maximum atomic E-state index is 11.6. The Bertz CT molecular complexity index is 681. The number of ether oxygens (including phenoxy) is 1. The fourth-order valence-corrected chi connectivity index (χ4v) is 5.59. The normalized spacial score (nSPS) is 31.4. The summed E-state index contributed by atoms with van der Waals surface area (Å²) in [5.74, 6) is 1.45. The highest BCUT2D eigenvalue weighted by atomic mass is 16.5. The minimum absolute atomic E-state index is 0.129. The monoisotopic (exact) mass is 343 g/mol. The van der Waals surface area contributed by atoms with E-state index in [-0.39, 0.29) is 16.8 Å². The number of rotatable bonds is 3. The summed E-state index contributed by atoms with van der Waals surface area (Å²) in [6, 6.07) is 4.48. The van der Waals surface area contributed by atoms with Crippen LogP contribution >= 0.6 is 0 Å². The Morgan fingerprint density at radius 1 is 1.32 bits per heavy atom. The molecule has 1 fully saturated rings. The highest BCUT2D eigenvalue weighted by molar-refractivity contribution is 5.70. The van der Waals surface area contributed by atoms with Crippen molar-refractivity contribution in [1.82, 2.24) is 0 Å². The first kappa shape index (κ1) is 18.4. The Labute approximate surface area is 152 Å². The maximum Gasteiger partial charge on any atom is 0.308 e. The number of aryl methyl sites for hydroxylation is 1. The summed E-state index contributed by atoms with van der Waals surface area (Å²) in [5, 5.41) is 0. The van der Waals surface area contributed by atoms with Crippen molar-refractivity contribution >= 4 is 5.97 Å². The van der Waals surface area contributed by atoms with Crippen LogP contribution < -0.4 is 10.5 Å². The largest absolute Gasteiger partial charge is 0.426 e. The summed E-state index contributed by atoms with van der Waals surface area (Å²) in [4.78, 5) is 11.6. The van der Waals surface area contributed by atoms with Crippen LogP contribution in [-0.2, 0) is 16.6 Å². The minimum atomic E-state index is -0.241. The van der Waals surface area contributed by atoms with Gasteiger partial charge in [0.1, 0.15) is 5.75 Å². The third-order valence-electron chi connectivity index (χ3n) is 6.95. The number of carbonyl (C=O) groups excluding carboxylic acids is 1. The molecule has 0 unspecified atom stereocenters. The van der Waals surface area contributed by atoms with Crippen LogP contribution in [0.5, 0.6) is 5.75 Å². The molecule has 0 bridgehead atoms. The molecule has 0 heterocycles. The summed E-state index contributed by atoms with van der Waals surface area (Å²) in [5.41, 5.74) is 10.5. The summed E-state index contributed by atoms with van der Waals surface area (Å²) < 4.78 is 5.61. The molecule has 0 spiro atoms. The fraction of sp³-hybridized carbons (Fsp3) is 0.682. The topological polar surface area (TPSA) is 52.3 Å². The second-order valence-corrected chi connectivity index (χ2v) is 9.02. The number of benzene rings is 1. The molecule has 0 saturated heterocycles. The molecular formula is C22H33NO2. The SMILES string of the molecule is CC(=O)Oc1cc2c(cc1C(C)C)CC[C@H]1[C@](C)(CN)CCC[C@]21C. The first-order valence-electron chi connectivity index (χ1n) is 9.77. The van der Waals surface area contributed by atoms with Crippen molar-refractivity contribution in [1.29, 1.82) is 0 Å². The fourth-order valence-electron chi connectivity index (χ4n) is 5.59. The Balaban J connectivity index is 2.13. The molecule has 25 heavy (non-hydrogen) atoms. The van der Waals surface area contributed by atoms with Crippen LogP contribution in [0.4, 0.5) is 0 Å². The Kier molecular flexibility index (Phi) is 4.74. The first-order chi connectivity index (χ1) is 11.7. The number of carbonyl (C=O) groups is 1. The molecule has 0 aromatic heterocycles. The highest BCUT2D eigenvalue weighted by Crippen LogP contribution is 2.57. The van der Waals surface area contributed by atoms with Gasteiger partial charge in [-0.15, -0.1) is 0 Å². The van der Waals surface area contributed by atoms with Crippen molar-refractivity contribution in [2.45, 2.75) is 78.1 Å². The van der Waals surface area contributed by atoms with Crippen LogP contribution in [0.15, 0.2) is 12.1 Å². The highest BCUT2D eigenvalue weighted by Gasteiger charge is 2.51. The molecule has 0 amide bonds. The lowest BCUT2D eigenvalue weighted by atomic mass is 9.50. The van der Waals surface area contributed by atoms with Gasteiger partial charge in [0.25, 0.3) is 0 Å². The van der Waals surface area contributed by atoms with E-state index in [2.05, 4.69) is 39.8 Å². The van der Waals surface area contributed by atoms with Crippen LogP contribution in [0.1, 0.15) is 82.9 Å². The van der Waals surface area contributed by atoms with E-state index in [9.17, 15) is 4.79 Å². The summed E-state index contributed by atoms with van der Waals surface area (Å²) >= 11 is 0. The van der Waals surface area contributed by atoms with Crippen molar-refractivity contribution in [3.05, 3.63) is 28.8 Å². The van der Waals surface area contributed by atoms with E-state index in [1.165, 1.54) is 43.7 Å². The van der Waals surface area contributed by atoms with Crippen molar-refractivity contribution in [3.8, 4) is 5.75 Å². The van der Waals surface area contributed by atoms with E-state index in [0.29, 0.717) is 11.8 Å². The van der Waals surface area contributed by atoms with Crippen molar-refractivity contribution < 1.29 is 9.53 Å². The van der Waals surface area contributed by atoms with Gasteiger partial charge in [-0.1, -0.05) is 40.2 Å². The molecule has 3 atom stereocenters. The average Bonchev–Trinajstić information content (AvgIpc) is 2.54. The molecule has 3 heteroatoms. The van der Waals surface area contributed by atoms with Crippen molar-refractivity contribution in [3.63, 3.8) is 0 Å². The van der Waals surface area contributed by atoms with Crippen LogP contribution in [-0.4, -0.2) is 12.5 Å². The molecule has 1 aromatic carbocycles. The van der Waals surface area contributed by atoms with E-state index in [4.69, 9.17) is 10.5 Å². The van der Waals surface area contributed by atoms with Gasteiger partial charge in [-0.2, -0.15) is 0 Å². The summed E-state index contributed by atoms with van der Waals surface area (Å²) in [6.07, 6.45) is 5.95. The minimum Gasteiger partial charge on any atom is -0.426 e. The number of hydrogen-bond acceptors (Lipinski definition) is 3. The number of nitrogens with two attached hydrogens (primary N) is 1. The second kappa shape index (κ2) is 6.42. The Morgan fingerprint density at radius 2 is 2.04 bits per heavy atom. The van der Waals surface area contributed by atoms with Crippen molar-refractivity contribution in [2.24, 2.45) is 17.1 Å². The molecule has 0 radical (unpaired) electrons. The van der Waals surface area contributed by atoms with Gasteiger partial charge in [0, 0.05) is 6.92 Å². The van der Waals surface area contributed by atoms with Gasteiger partial charge in [-0.3, -0.25) is 4.79 Å². The van der Waals surface area contributed by atoms with Crippen LogP contribution in [0.2, 0.25) is 0 Å². The molecule has 2 aliphatic rings. The maximum absolute atomic E-state index is 11.6. The lowest BCUT2D eigenvalue weighted by molar-refractivity contribution is -0.131. The van der Waals surface area contributed by atoms with Crippen LogP contribution in [0, 0.1) is 11.3 Å². The van der Waals surface area contributed by atoms with Crippen LogP contribution in [0.25, 0.3) is 0 Å². The number of fused-ring (bicyclic) bond motifs is 3. The van der Waals surface area contributed by atoms with Gasteiger partial charge in [0.15, 0.2) is 0 Å². The van der Waals surface area contributed by atoms with Gasteiger partial charge in [-0.05, 0) is 77.7 Å². The zero-order valence-electron chi connectivity index (χ0n) is 16.4. The number of hydrogen-bond donors (Lipinski definition) is 1. The molecule has 2 aliphatic carbocycles. The first-order valence-corrected chi connectivity index (χ1v) is 9.77. The Hall–Kier alpha value is -1.35. The van der Waals surface area contributed by atoms with Gasteiger partial charge in [0.05, 0.1) is 0 Å². The van der Waals surface area contributed by atoms with E-state index < -0.39 is 0 Å². The zero-order chi connectivity index (χ0) is 18.4. The summed E-state index contributed by atoms with van der Waals surface area (Å²) in [6.45, 7) is 11.3. The smallest absolute Gasteiger partial charge is 0.308 e. The second-order valence-electron chi connectivity index (χ2n) is 9.02. The molecular weight excluding hydrogens is 310 g/mol. The van der Waals surface area contributed by atoms with E-state index in [1.54, 1.807) is 0 Å². The lowest BCUT2D eigenvalue weighted by Gasteiger charge is -2.55. The zero-order valence-corrected chi connectivity index (χ0v) is 16.4. The van der Waals surface area contributed by atoms with Gasteiger partial charge in [-0.25, -0.2) is 0 Å². The van der Waals surface area contributed by atoms with Gasteiger partial charge < -0.3 is 10.5 Å². The van der Waals surface area contributed by atoms with E-state index in [1.807, 2.05) is 0 Å². The summed E-state index contributed by atoms with van der Waals surface area (Å²) in [7, 11) is 0. The predicted octanol–water partition coefficient (Wildman–Crippen LogP) is 4.70. The quantitative estimate of drug-likeness (QED) is 0.639.